The van der Waals surface area contributed by atoms with Crippen LogP contribution in [0.1, 0.15) is 10.4 Å². The Morgan fingerprint density at radius 2 is 1.86 bits per heavy atom. The van der Waals surface area contributed by atoms with E-state index in [-0.39, 0.29) is 19.1 Å². The lowest BCUT2D eigenvalue weighted by molar-refractivity contribution is 0.0837. The minimum Gasteiger partial charge on any atom is -0.493 e. The van der Waals surface area contributed by atoms with Crippen molar-refractivity contribution in [3.8, 4) is 17.2 Å². The first-order valence-corrected chi connectivity index (χ1v) is 7.35. The zero-order valence-corrected chi connectivity index (χ0v) is 14.4. The molecule has 8 heteroatoms. The lowest BCUT2D eigenvalue weighted by Gasteiger charge is -2.16. The fraction of sp³-hybridized carbons (Fsp3) is 0.500. The number of aliphatic hydroxyl groups is 1. The van der Waals surface area contributed by atoms with Crippen molar-refractivity contribution in [3.05, 3.63) is 16.1 Å². The Morgan fingerprint density at radius 1 is 1.18 bits per heavy atom. The fourth-order valence-electron chi connectivity index (χ4n) is 1.78. The molecule has 2 N–H and O–H groups in total. The highest BCUT2D eigenvalue weighted by Gasteiger charge is 2.22. The van der Waals surface area contributed by atoms with Gasteiger partial charge in [-0.25, -0.2) is 0 Å². The largest absolute Gasteiger partial charge is 0.493 e. The smallest absolute Gasteiger partial charge is 0.252 e. The van der Waals surface area contributed by atoms with Gasteiger partial charge in [-0.15, -0.1) is 0 Å². The molecule has 0 heterocycles. The predicted molar refractivity (Wildman–Crippen MR) is 84.0 cm³/mol. The number of benzene rings is 1. The van der Waals surface area contributed by atoms with Gasteiger partial charge in [0.25, 0.3) is 5.91 Å². The first-order valence-electron chi connectivity index (χ1n) is 6.55. The highest BCUT2D eigenvalue weighted by atomic mass is 79.9. The number of rotatable bonds is 9. The molecule has 0 aliphatic carbocycles. The molecule has 1 rings (SSSR count). The molecule has 0 fully saturated rings. The van der Waals surface area contributed by atoms with E-state index in [1.165, 1.54) is 21.3 Å². The summed E-state index contributed by atoms with van der Waals surface area (Å²) < 4.78 is 21.3. The van der Waals surface area contributed by atoms with Gasteiger partial charge in [0.1, 0.15) is 0 Å². The Kier molecular flexibility index (Phi) is 8.00. The molecule has 0 unspecified atom stereocenters. The molecule has 0 atom stereocenters. The van der Waals surface area contributed by atoms with Gasteiger partial charge < -0.3 is 29.4 Å². The predicted octanol–water partition coefficient (Wildman–Crippen LogP) is 1.21. The average Bonchev–Trinajstić information content (AvgIpc) is 2.53. The summed E-state index contributed by atoms with van der Waals surface area (Å²) in [5.74, 6) is 0.867. The molecule has 0 radical (unpaired) electrons. The maximum atomic E-state index is 12.2. The van der Waals surface area contributed by atoms with Crippen molar-refractivity contribution in [2.45, 2.75) is 0 Å². The van der Waals surface area contributed by atoms with E-state index >= 15 is 0 Å². The lowest BCUT2D eigenvalue weighted by Crippen LogP contribution is -2.28. The summed E-state index contributed by atoms with van der Waals surface area (Å²) in [6.45, 7) is 0.826. The molecule has 0 saturated heterocycles. The third-order valence-electron chi connectivity index (χ3n) is 2.78. The number of carbonyl (C=O) groups is 1. The highest BCUT2D eigenvalue weighted by molar-refractivity contribution is 9.10. The van der Waals surface area contributed by atoms with Crippen LogP contribution < -0.4 is 19.5 Å². The number of aliphatic hydroxyl groups excluding tert-OH is 1. The van der Waals surface area contributed by atoms with Crippen molar-refractivity contribution < 1.29 is 28.8 Å². The van der Waals surface area contributed by atoms with Crippen LogP contribution in [0.25, 0.3) is 0 Å². The summed E-state index contributed by atoms with van der Waals surface area (Å²) in [5, 5.41) is 11.3. The molecular weight excluding hydrogens is 358 g/mol. The molecule has 1 aromatic rings. The minimum absolute atomic E-state index is 0.0492. The fourth-order valence-corrected chi connectivity index (χ4v) is 2.42. The van der Waals surface area contributed by atoms with Crippen molar-refractivity contribution in [2.75, 3.05) is 47.7 Å². The quantitative estimate of drug-likeness (QED) is 0.629. The molecule has 1 amide bonds. The Balaban J connectivity index is 2.91. The van der Waals surface area contributed by atoms with Gasteiger partial charge in [0, 0.05) is 6.54 Å². The molecule has 0 spiro atoms. The Hall–Kier alpha value is -1.51. The van der Waals surface area contributed by atoms with Crippen LogP contribution in [0.5, 0.6) is 17.2 Å². The van der Waals surface area contributed by atoms with Gasteiger partial charge in [-0.2, -0.15) is 0 Å². The van der Waals surface area contributed by atoms with Crippen LogP contribution in [-0.2, 0) is 4.74 Å². The first kappa shape index (κ1) is 18.5. The molecule has 7 nitrogen and oxygen atoms in total. The molecule has 0 aromatic heterocycles. The second-order valence-corrected chi connectivity index (χ2v) is 4.89. The summed E-state index contributed by atoms with van der Waals surface area (Å²) in [7, 11) is 4.45. The minimum atomic E-state index is -0.307. The zero-order valence-electron chi connectivity index (χ0n) is 12.8. The van der Waals surface area contributed by atoms with E-state index in [1.807, 2.05) is 0 Å². The van der Waals surface area contributed by atoms with E-state index in [4.69, 9.17) is 24.1 Å². The van der Waals surface area contributed by atoms with E-state index in [0.717, 1.165) is 0 Å². The molecule has 124 valence electrons. The normalized spacial score (nSPS) is 10.2. The van der Waals surface area contributed by atoms with E-state index in [1.54, 1.807) is 6.07 Å². The van der Waals surface area contributed by atoms with E-state index in [2.05, 4.69) is 21.2 Å². The maximum Gasteiger partial charge on any atom is 0.252 e. The Labute approximate surface area is 137 Å². The number of amides is 1. The van der Waals surface area contributed by atoms with E-state index < -0.39 is 0 Å². The molecular formula is C14H20BrNO6. The highest BCUT2D eigenvalue weighted by Crippen LogP contribution is 2.44. The number of methoxy groups -OCH3 is 3. The Bertz CT molecular complexity index is 509. The SMILES string of the molecule is COc1cc(C(=O)NCCOCCO)c(Br)c(OC)c1OC. The number of carbonyl (C=O) groups excluding carboxylic acids is 1. The molecule has 22 heavy (non-hydrogen) atoms. The third kappa shape index (κ3) is 4.49. The molecule has 0 aliphatic rings. The van der Waals surface area contributed by atoms with Crippen LogP contribution >= 0.6 is 15.9 Å². The van der Waals surface area contributed by atoms with Crippen LogP contribution in [0.3, 0.4) is 0 Å². The van der Waals surface area contributed by atoms with Gasteiger partial charge in [0.05, 0.1) is 51.2 Å². The molecule has 0 aliphatic heterocycles. The van der Waals surface area contributed by atoms with Crippen LogP contribution in [0, 0.1) is 0 Å². The van der Waals surface area contributed by atoms with Crippen molar-refractivity contribution in [2.24, 2.45) is 0 Å². The van der Waals surface area contributed by atoms with Crippen LogP contribution in [-0.4, -0.2) is 58.7 Å². The van der Waals surface area contributed by atoms with Gasteiger partial charge in [-0.1, -0.05) is 0 Å². The van der Waals surface area contributed by atoms with E-state index in [9.17, 15) is 4.79 Å². The maximum absolute atomic E-state index is 12.2. The number of halogens is 1. The lowest BCUT2D eigenvalue weighted by atomic mass is 10.1. The topological polar surface area (TPSA) is 86.3 Å². The Morgan fingerprint density at radius 3 is 2.41 bits per heavy atom. The standard InChI is InChI=1S/C14H20BrNO6/c1-19-10-8-9(11(15)13(21-3)12(10)20-2)14(18)16-4-6-22-7-5-17/h8,17H,4-7H2,1-3H3,(H,16,18). The van der Waals surface area contributed by atoms with E-state index in [0.29, 0.717) is 40.4 Å². The van der Waals surface area contributed by atoms with Crippen molar-refractivity contribution >= 4 is 21.8 Å². The van der Waals surface area contributed by atoms with Gasteiger partial charge in [0.15, 0.2) is 11.5 Å². The summed E-state index contributed by atoms with van der Waals surface area (Å²) in [6.07, 6.45) is 0. The van der Waals surface area contributed by atoms with Gasteiger partial charge >= 0.3 is 0 Å². The van der Waals surface area contributed by atoms with Crippen LogP contribution in [0.15, 0.2) is 10.5 Å². The first-order chi connectivity index (χ1) is 10.6. The van der Waals surface area contributed by atoms with Crippen molar-refractivity contribution in [1.29, 1.82) is 0 Å². The molecule has 0 bridgehead atoms. The van der Waals surface area contributed by atoms with Crippen molar-refractivity contribution in [1.82, 2.24) is 5.32 Å². The number of hydrogen-bond acceptors (Lipinski definition) is 6. The second kappa shape index (κ2) is 9.50. The summed E-state index contributed by atoms with van der Waals surface area (Å²) in [6, 6.07) is 1.56. The molecule has 0 saturated carbocycles. The van der Waals surface area contributed by atoms with Gasteiger partial charge in [-0.3, -0.25) is 4.79 Å². The van der Waals surface area contributed by atoms with Crippen molar-refractivity contribution in [3.63, 3.8) is 0 Å². The zero-order chi connectivity index (χ0) is 16.5. The summed E-state index contributed by atoms with van der Waals surface area (Å²) in [5.41, 5.74) is 0.358. The van der Waals surface area contributed by atoms with Gasteiger partial charge in [0.2, 0.25) is 5.75 Å². The number of ether oxygens (including phenoxy) is 4. The van der Waals surface area contributed by atoms with Crippen LogP contribution in [0.4, 0.5) is 0 Å². The van der Waals surface area contributed by atoms with Gasteiger partial charge in [-0.05, 0) is 22.0 Å². The van der Waals surface area contributed by atoms with Crippen LogP contribution in [0.2, 0.25) is 0 Å². The average molecular weight is 378 g/mol. The number of nitrogens with one attached hydrogen (secondary N) is 1. The molecule has 1 aromatic carbocycles. The third-order valence-corrected chi connectivity index (χ3v) is 3.57. The second-order valence-electron chi connectivity index (χ2n) is 4.10. The number of hydrogen-bond donors (Lipinski definition) is 2. The monoisotopic (exact) mass is 377 g/mol. The summed E-state index contributed by atoms with van der Waals surface area (Å²) in [4.78, 5) is 12.2. The summed E-state index contributed by atoms with van der Waals surface area (Å²) >= 11 is 3.35.